The van der Waals surface area contributed by atoms with E-state index < -0.39 is 5.41 Å². The van der Waals surface area contributed by atoms with Crippen molar-refractivity contribution in [3.05, 3.63) is 264 Å². The van der Waals surface area contributed by atoms with Gasteiger partial charge in [0.1, 0.15) is 0 Å². The zero-order valence-corrected chi connectivity index (χ0v) is 35.7. The second-order valence-electron chi connectivity index (χ2n) is 17.9. The lowest BCUT2D eigenvalue weighted by molar-refractivity contribution is 0.788. The Hall–Kier alpha value is -8.20. The van der Waals surface area contributed by atoms with Crippen molar-refractivity contribution >= 4 is 43.6 Å². The van der Waals surface area contributed by atoms with Crippen LogP contribution in [0.3, 0.4) is 0 Å². The van der Waals surface area contributed by atoms with Gasteiger partial charge in [0.15, 0.2) is 0 Å². The number of nitrogens with zero attached hydrogens (tertiary/aromatic N) is 2. The number of rotatable bonds is 6. The Labute approximate surface area is 377 Å². The second-order valence-corrected chi connectivity index (χ2v) is 17.9. The Balaban J connectivity index is 1.07. The van der Waals surface area contributed by atoms with Gasteiger partial charge in [-0.2, -0.15) is 0 Å². The van der Waals surface area contributed by atoms with Crippen molar-refractivity contribution in [3.63, 3.8) is 0 Å². The van der Waals surface area contributed by atoms with Gasteiger partial charge in [-0.05, 0) is 114 Å². The molecule has 2 nitrogen and oxygen atoms in total. The molecule has 2 aliphatic rings. The summed E-state index contributed by atoms with van der Waals surface area (Å²) in [5.74, 6) is 0. The first-order valence-corrected chi connectivity index (χ1v) is 22.8. The summed E-state index contributed by atoms with van der Waals surface area (Å²) >= 11 is 0. The summed E-state index contributed by atoms with van der Waals surface area (Å²) in [4.78, 5) is 0. The summed E-state index contributed by atoms with van der Waals surface area (Å²) in [6.07, 6.45) is 0. The van der Waals surface area contributed by atoms with Crippen LogP contribution in [0.2, 0.25) is 0 Å². The molecule has 0 saturated heterocycles. The Morgan fingerprint density at radius 3 is 1.02 bits per heavy atom. The first kappa shape index (κ1) is 36.3. The molecule has 10 aromatic carbocycles. The first-order chi connectivity index (χ1) is 32.3. The summed E-state index contributed by atoms with van der Waals surface area (Å²) in [7, 11) is 0. The average molecular weight is 827 g/mol. The van der Waals surface area contributed by atoms with Crippen LogP contribution in [0, 0.1) is 0 Å². The highest BCUT2D eigenvalue weighted by atomic mass is 15.0. The van der Waals surface area contributed by atoms with Gasteiger partial charge in [0.25, 0.3) is 0 Å². The zero-order valence-electron chi connectivity index (χ0n) is 35.7. The Morgan fingerprint density at radius 1 is 0.277 bits per heavy atom. The van der Waals surface area contributed by atoms with Gasteiger partial charge in [-0.1, -0.05) is 194 Å². The summed E-state index contributed by atoms with van der Waals surface area (Å²) in [5, 5.41) is 5.18. The average Bonchev–Trinajstić information content (AvgIpc) is 4.07. The van der Waals surface area contributed by atoms with E-state index in [1.165, 1.54) is 122 Å². The van der Waals surface area contributed by atoms with Crippen LogP contribution in [0.25, 0.3) is 88.1 Å². The first-order valence-electron chi connectivity index (χ1n) is 22.8. The SMILES string of the molecule is c1ccc(-c2ccc3c(c2)C2(c4cc(-c5ccccc5)ccc4-c4c(Cn5c6ccccc6c6ccccc65)cccc42)c2cccc(Cn4c5ccccc5c5ccccc54)c2-3)cc1. The van der Waals surface area contributed by atoms with Crippen LogP contribution < -0.4 is 0 Å². The number of aromatic nitrogens is 2. The summed E-state index contributed by atoms with van der Waals surface area (Å²) in [5.41, 5.74) is 22.8. The fraction of sp³-hybridized carbons (Fsp3) is 0.0476. The molecule has 12 aromatic rings. The van der Waals surface area contributed by atoms with Gasteiger partial charge in [0, 0.05) is 56.7 Å². The van der Waals surface area contributed by atoms with Crippen molar-refractivity contribution in [2.24, 2.45) is 0 Å². The van der Waals surface area contributed by atoms with Crippen molar-refractivity contribution in [1.82, 2.24) is 9.13 Å². The largest absolute Gasteiger partial charge is 0.336 e. The number of benzene rings is 10. The van der Waals surface area contributed by atoms with E-state index in [0.717, 1.165) is 13.1 Å². The minimum absolute atomic E-state index is 0.571. The van der Waals surface area contributed by atoms with E-state index in [0.29, 0.717) is 0 Å². The number of fused-ring (bicyclic) bond motifs is 16. The van der Waals surface area contributed by atoms with Crippen LogP contribution in [0.1, 0.15) is 33.4 Å². The predicted octanol–water partition coefficient (Wildman–Crippen LogP) is 15.7. The molecule has 0 N–H and O–H groups in total. The van der Waals surface area contributed by atoms with Gasteiger partial charge < -0.3 is 9.13 Å². The van der Waals surface area contributed by atoms with E-state index in [4.69, 9.17) is 0 Å². The lowest BCUT2D eigenvalue weighted by Gasteiger charge is -2.31. The molecule has 2 aliphatic carbocycles. The molecule has 2 heterocycles. The summed E-state index contributed by atoms with van der Waals surface area (Å²) in [6, 6.07) is 86.4. The van der Waals surface area contributed by atoms with Crippen LogP contribution in [0.4, 0.5) is 0 Å². The molecular weight excluding hydrogens is 785 g/mol. The Kier molecular flexibility index (Phi) is 7.76. The highest BCUT2D eigenvalue weighted by Crippen LogP contribution is 2.65. The summed E-state index contributed by atoms with van der Waals surface area (Å²) in [6.45, 7) is 1.51. The molecule has 2 aromatic heterocycles. The molecule has 0 amide bonds. The lowest BCUT2D eigenvalue weighted by atomic mass is 9.69. The van der Waals surface area contributed by atoms with Crippen molar-refractivity contribution < 1.29 is 0 Å². The van der Waals surface area contributed by atoms with E-state index >= 15 is 0 Å². The highest BCUT2D eigenvalue weighted by molar-refractivity contribution is 6.09. The normalized spacial score (nSPS) is 13.2. The van der Waals surface area contributed by atoms with Gasteiger partial charge in [-0.25, -0.2) is 0 Å². The van der Waals surface area contributed by atoms with Crippen LogP contribution in [-0.4, -0.2) is 9.13 Å². The molecule has 0 unspecified atom stereocenters. The molecule has 0 fully saturated rings. The maximum absolute atomic E-state index is 2.54. The molecule has 0 aliphatic heterocycles. The van der Waals surface area contributed by atoms with Crippen molar-refractivity contribution in [3.8, 4) is 44.5 Å². The van der Waals surface area contributed by atoms with E-state index in [2.05, 4.69) is 240 Å². The molecule has 0 atom stereocenters. The maximum Gasteiger partial charge on any atom is 0.0726 e. The van der Waals surface area contributed by atoms with Gasteiger partial charge in [0.2, 0.25) is 0 Å². The highest BCUT2D eigenvalue weighted by Gasteiger charge is 2.53. The van der Waals surface area contributed by atoms with Crippen molar-refractivity contribution in [1.29, 1.82) is 0 Å². The fourth-order valence-electron chi connectivity index (χ4n) is 12.0. The molecule has 304 valence electrons. The summed E-state index contributed by atoms with van der Waals surface area (Å²) < 4.78 is 5.08. The van der Waals surface area contributed by atoms with Crippen molar-refractivity contribution in [2.75, 3.05) is 0 Å². The fourth-order valence-corrected chi connectivity index (χ4v) is 12.0. The van der Waals surface area contributed by atoms with Crippen LogP contribution in [0.15, 0.2) is 231 Å². The van der Waals surface area contributed by atoms with E-state index in [1.807, 2.05) is 0 Å². The third kappa shape index (κ3) is 5.11. The maximum atomic E-state index is 2.54. The van der Waals surface area contributed by atoms with Gasteiger partial charge >= 0.3 is 0 Å². The third-order valence-corrected chi connectivity index (χ3v) is 14.7. The molecule has 0 saturated carbocycles. The topological polar surface area (TPSA) is 9.86 Å². The zero-order chi connectivity index (χ0) is 42.6. The minimum atomic E-state index is -0.571. The number of hydrogen-bond acceptors (Lipinski definition) is 0. The van der Waals surface area contributed by atoms with Gasteiger partial charge in [0.05, 0.1) is 5.41 Å². The number of hydrogen-bond donors (Lipinski definition) is 0. The van der Waals surface area contributed by atoms with Crippen molar-refractivity contribution in [2.45, 2.75) is 18.5 Å². The van der Waals surface area contributed by atoms with E-state index in [-0.39, 0.29) is 0 Å². The number of para-hydroxylation sites is 4. The van der Waals surface area contributed by atoms with Gasteiger partial charge in [-0.3, -0.25) is 0 Å². The molecular formula is C63H42N2. The van der Waals surface area contributed by atoms with E-state index in [1.54, 1.807) is 0 Å². The van der Waals surface area contributed by atoms with Crippen LogP contribution in [0.5, 0.6) is 0 Å². The smallest absolute Gasteiger partial charge is 0.0726 e. The molecule has 1 spiro atoms. The quantitative estimate of drug-likeness (QED) is 0.158. The molecule has 0 radical (unpaired) electrons. The Morgan fingerprint density at radius 2 is 0.631 bits per heavy atom. The molecule has 0 bridgehead atoms. The molecule has 14 rings (SSSR count). The van der Waals surface area contributed by atoms with Gasteiger partial charge in [-0.15, -0.1) is 0 Å². The third-order valence-electron chi connectivity index (χ3n) is 14.7. The standard InChI is InChI=1S/C63H42N2/c1-3-17-41(18-4-1)43-33-35-51-55(37-43)63(53-27-15-21-45(61(51)53)39-64-57-29-11-7-23-47(57)48-24-8-12-30-58(48)64)54-28-16-22-46(40-65-59-31-13-9-25-49(59)50-26-10-14-32-60(50)65)62(54)52-36-34-44(38-56(52)63)42-19-5-2-6-20-42/h1-38H,39-40H2. The predicted molar refractivity (Wildman–Crippen MR) is 271 cm³/mol. The molecule has 65 heavy (non-hydrogen) atoms. The van der Waals surface area contributed by atoms with Crippen LogP contribution >= 0.6 is 0 Å². The van der Waals surface area contributed by atoms with E-state index in [9.17, 15) is 0 Å². The monoisotopic (exact) mass is 826 g/mol. The lowest BCUT2D eigenvalue weighted by Crippen LogP contribution is -2.26. The second kappa shape index (κ2) is 13.9. The Bertz CT molecular complexity index is 3520. The van der Waals surface area contributed by atoms with Crippen LogP contribution in [-0.2, 0) is 18.5 Å². The molecule has 2 heteroatoms. The minimum Gasteiger partial charge on any atom is -0.336 e.